The Morgan fingerprint density at radius 1 is 1.00 bits per heavy atom. The van der Waals surface area contributed by atoms with Gasteiger partial charge in [0.15, 0.2) is 0 Å². The van der Waals surface area contributed by atoms with Gasteiger partial charge in [-0.2, -0.15) is 0 Å². The van der Waals surface area contributed by atoms with Crippen molar-refractivity contribution in [3.8, 4) is 0 Å². The molecule has 0 spiro atoms. The van der Waals surface area contributed by atoms with E-state index in [9.17, 15) is 9.50 Å². The van der Waals surface area contributed by atoms with E-state index in [1.807, 2.05) is 0 Å². The smallest absolute Gasteiger partial charge is 0.123 e. The van der Waals surface area contributed by atoms with Crippen molar-refractivity contribution in [2.75, 3.05) is 18.4 Å². The maximum absolute atomic E-state index is 12.9. The van der Waals surface area contributed by atoms with Crippen molar-refractivity contribution in [1.29, 1.82) is 0 Å². The monoisotopic (exact) mass is 292 g/mol. The molecule has 1 saturated carbocycles. The molecule has 2 fully saturated rings. The molecule has 1 saturated heterocycles. The first-order chi connectivity index (χ1) is 10.2. The number of aliphatic hydroxyl groups is 1. The Morgan fingerprint density at radius 3 is 2.33 bits per heavy atom. The zero-order valence-corrected chi connectivity index (χ0v) is 12.5. The van der Waals surface area contributed by atoms with Crippen molar-refractivity contribution in [2.24, 2.45) is 0 Å². The number of likely N-dealkylation sites (tertiary alicyclic amines) is 1. The molecule has 1 aliphatic heterocycles. The Bertz CT molecular complexity index is 443. The van der Waals surface area contributed by atoms with Crippen molar-refractivity contribution in [3.05, 3.63) is 30.1 Å². The van der Waals surface area contributed by atoms with Crippen molar-refractivity contribution in [3.63, 3.8) is 0 Å². The third-order valence-corrected chi connectivity index (χ3v) is 4.91. The number of hydrogen-bond acceptors (Lipinski definition) is 3. The van der Waals surface area contributed by atoms with Crippen LogP contribution in [0.5, 0.6) is 0 Å². The van der Waals surface area contributed by atoms with Gasteiger partial charge < -0.3 is 10.4 Å². The normalized spacial score (nSPS) is 28.5. The van der Waals surface area contributed by atoms with Gasteiger partial charge in [-0.1, -0.05) is 12.8 Å². The van der Waals surface area contributed by atoms with E-state index in [-0.39, 0.29) is 11.9 Å². The van der Waals surface area contributed by atoms with Crippen LogP contribution < -0.4 is 5.32 Å². The second-order valence-electron chi connectivity index (χ2n) is 6.38. The maximum atomic E-state index is 12.9. The van der Waals surface area contributed by atoms with Crippen molar-refractivity contribution < 1.29 is 9.50 Å². The minimum Gasteiger partial charge on any atom is -0.391 e. The van der Waals surface area contributed by atoms with Gasteiger partial charge in [-0.3, -0.25) is 4.90 Å². The summed E-state index contributed by atoms with van der Waals surface area (Å²) in [5.41, 5.74) is 0.993. The molecule has 0 amide bonds. The van der Waals surface area contributed by atoms with Gasteiger partial charge in [-0.15, -0.1) is 0 Å². The highest BCUT2D eigenvalue weighted by Gasteiger charge is 2.31. The Labute approximate surface area is 126 Å². The molecule has 2 atom stereocenters. The Balaban J connectivity index is 1.49. The van der Waals surface area contributed by atoms with E-state index in [0.29, 0.717) is 12.1 Å². The molecule has 1 aromatic carbocycles. The zero-order chi connectivity index (χ0) is 14.7. The number of piperidine rings is 1. The lowest BCUT2D eigenvalue weighted by molar-refractivity contribution is 0.00994. The first kappa shape index (κ1) is 14.8. The van der Waals surface area contributed by atoms with E-state index in [0.717, 1.165) is 44.5 Å². The summed E-state index contributed by atoms with van der Waals surface area (Å²) in [6.45, 7) is 2.08. The highest BCUT2D eigenvalue weighted by molar-refractivity contribution is 5.43. The highest BCUT2D eigenvalue weighted by atomic mass is 19.1. The molecule has 1 aromatic rings. The molecule has 116 valence electrons. The summed E-state index contributed by atoms with van der Waals surface area (Å²) in [6.07, 6.45) is 6.53. The topological polar surface area (TPSA) is 35.5 Å². The Kier molecular flexibility index (Phi) is 4.76. The quantitative estimate of drug-likeness (QED) is 0.899. The van der Waals surface area contributed by atoms with E-state index < -0.39 is 0 Å². The lowest BCUT2D eigenvalue weighted by Crippen LogP contribution is -2.50. The molecule has 3 rings (SSSR count). The molecule has 0 bridgehead atoms. The van der Waals surface area contributed by atoms with Crippen LogP contribution in [0.1, 0.15) is 38.5 Å². The molecular formula is C17H25FN2O. The number of nitrogens with one attached hydrogen (secondary N) is 1. The first-order valence-electron chi connectivity index (χ1n) is 8.16. The summed E-state index contributed by atoms with van der Waals surface area (Å²) >= 11 is 0. The van der Waals surface area contributed by atoms with Gasteiger partial charge in [0.1, 0.15) is 5.82 Å². The largest absolute Gasteiger partial charge is 0.391 e. The number of hydrogen-bond donors (Lipinski definition) is 2. The average Bonchev–Trinajstić information content (AvgIpc) is 2.51. The van der Waals surface area contributed by atoms with Crippen LogP contribution in [0.3, 0.4) is 0 Å². The highest BCUT2D eigenvalue weighted by Crippen LogP contribution is 2.26. The molecule has 1 heterocycles. The number of rotatable bonds is 3. The molecule has 2 aliphatic rings. The Morgan fingerprint density at radius 2 is 1.67 bits per heavy atom. The van der Waals surface area contributed by atoms with Gasteiger partial charge >= 0.3 is 0 Å². The van der Waals surface area contributed by atoms with Gasteiger partial charge in [0, 0.05) is 30.9 Å². The van der Waals surface area contributed by atoms with Crippen molar-refractivity contribution in [1.82, 2.24) is 4.90 Å². The standard InChI is InChI=1S/C17H25FN2O/c18-13-5-7-14(8-6-13)19-15-9-11-20(12-10-15)16-3-1-2-4-17(16)21/h5-8,15-17,19,21H,1-4,9-12H2. The van der Waals surface area contributed by atoms with Gasteiger partial charge in [0.25, 0.3) is 0 Å². The first-order valence-corrected chi connectivity index (χ1v) is 8.16. The van der Waals surface area contributed by atoms with Gasteiger partial charge in [-0.25, -0.2) is 4.39 Å². The fraction of sp³-hybridized carbons (Fsp3) is 0.647. The summed E-state index contributed by atoms with van der Waals surface area (Å²) in [5, 5.41) is 13.6. The average molecular weight is 292 g/mol. The summed E-state index contributed by atoms with van der Waals surface area (Å²) in [6, 6.07) is 7.41. The van der Waals surface area contributed by atoms with Crippen molar-refractivity contribution in [2.45, 2.75) is 56.7 Å². The third kappa shape index (κ3) is 3.74. The van der Waals surface area contributed by atoms with Crippen LogP contribution in [-0.2, 0) is 0 Å². The number of benzene rings is 1. The van der Waals surface area contributed by atoms with Crippen LogP contribution in [0, 0.1) is 5.82 Å². The molecule has 2 unspecified atom stereocenters. The maximum Gasteiger partial charge on any atom is 0.123 e. The van der Waals surface area contributed by atoms with Gasteiger partial charge in [-0.05, 0) is 49.9 Å². The molecule has 1 aliphatic carbocycles. The van der Waals surface area contributed by atoms with E-state index in [2.05, 4.69) is 10.2 Å². The lowest BCUT2D eigenvalue weighted by Gasteiger charge is -2.41. The van der Waals surface area contributed by atoms with E-state index in [1.165, 1.54) is 25.0 Å². The predicted molar refractivity (Wildman–Crippen MR) is 82.9 cm³/mol. The molecule has 3 nitrogen and oxygen atoms in total. The minimum atomic E-state index is -0.193. The number of aliphatic hydroxyl groups excluding tert-OH is 1. The molecule has 21 heavy (non-hydrogen) atoms. The van der Waals surface area contributed by atoms with Gasteiger partial charge in [0.2, 0.25) is 0 Å². The summed E-state index contributed by atoms with van der Waals surface area (Å²) in [4.78, 5) is 2.46. The fourth-order valence-electron chi connectivity index (χ4n) is 3.67. The van der Waals surface area contributed by atoms with Crippen LogP contribution in [0.15, 0.2) is 24.3 Å². The van der Waals surface area contributed by atoms with Crippen LogP contribution in [-0.4, -0.2) is 41.3 Å². The second kappa shape index (κ2) is 6.75. The minimum absolute atomic E-state index is 0.139. The lowest BCUT2D eigenvalue weighted by atomic mass is 9.89. The molecule has 0 radical (unpaired) electrons. The predicted octanol–water partition coefficient (Wildman–Crippen LogP) is 3.01. The molecule has 2 N–H and O–H groups in total. The Hall–Kier alpha value is -1.13. The summed E-state index contributed by atoms with van der Waals surface area (Å²) < 4.78 is 12.9. The molecular weight excluding hydrogens is 267 g/mol. The molecule has 0 aromatic heterocycles. The SMILES string of the molecule is OC1CCCCC1N1CCC(Nc2ccc(F)cc2)CC1. The second-order valence-corrected chi connectivity index (χ2v) is 6.38. The van der Waals surface area contributed by atoms with E-state index in [1.54, 1.807) is 12.1 Å². The van der Waals surface area contributed by atoms with Gasteiger partial charge in [0.05, 0.1) is 6.10 Å². The van der Waals surface area contributed by atoms with Crippen LogP contribution in [0.2, 0.25) is 0 Å². The summed E-state index contributed by atoms with van der Waals surface area (Å²) in [7, 11) is 0. The molecule has 4 heteroatoms. The van der Waals surface area contributed by atoms with Crippen LogP contribution >= 0.6 is 0 Å². The third-order valence-electron chi connectivity index (χ3n) is 4.91. The zero-order valence-electron chi connectivity index (χ0n) is 12.5. The van der Waals surface area contributed by atoms with E-state index in [4.69, 9.17) is 0 Å². The number of anilines is 1. The van der Waals surface area contributed by atoms with E-state index >= 15 is 0 Å². The van der Waals surface area contributed by atoms with Crippen LogP contribution in [0.4, 0.5) is 10.1 Å². The summed E-state index contributed by atoms with van der Waals surface area (Å²) in [5.74, 6) is -0.193. The number of halogens is 1. The fourth-order valence-corrected chi connectivity index (χ4v) is 3.67. The van der Waals surface area contributed by atoms with Crippen LogP contribution in [0.25, 0.3) is 0 Å². The number of nitrogens with zero attached hydrogens (tertiary/aromatic N) is 1. The van der Waals surface area contributed by atoms with Crippen molar-refractivity contribution >= 4 is 5.69 Å².